The molecule has 1 aromatic heterocycles. The minimum Gasteiger partial charge on any atom is -0.505 e. The van der Waals surface area contributed by atoms with Gasteiger partial charge in [0.15, 0.2) is 23.0 Å². The highest BCUT2D eigenvalue weighted by molar-refractivity contribution is 5.95. The van der Waals surface area contributed by atoms with Gasteiger partial charge in [0.2, 0.25) is 11.2 Å². The fourth-order valence-electron chi connectivity index (χ4n) is 3.36. The Morgan fingerprint density at radius 1 is 0.893 bits per heavy atom. The molecule has 1 aliphatic rings. The summed E-state index contributed by atoms with van der Waals surface area (Å²) < 4.78 is 5.56. The van der Waals surface area contributed by atoms with Gasteiger partial charge in [0.05, 0.1) is 0 Å². The summed E-state index contributed by atoms with van der Waals surface area (Å²) >= 11 is 0. The van der Waals surface area contributed by atoms with Crippen LogP contribution in [-0.4, -0.2) is 51.7 Å². The Balaban J connectivity index is 1.95. The van der Waals surface area contributed by atoms with Crippen molar-refractivity contribution in [1.29, 1.82) is 0 Å². The number of rotatable bonds is 2. The topological polar surface area (TPSA) is 147 Å². The van der Waals surface area contributed by atoms with Gasteiger partial charge in [-0.1, -0.05) is 0 Å². The van der Waals surface area contributed by atoms with Gasteiger partial charge in [-0.25, -0.2) is 0 Å². The average molecular weight is 386 g/mol. The maximum atomic E-state index is 12.7. The highest BCUT2D eigenvalue weighted by atomic mass is 16.4. The van der Waals surface area contributed by atoms with Gasteiger partial charge in [0.1, 0.15) is 22.4 Å². The molecular formula is C19H18N2O7. The first-order chi connectivity index (χ1) is 13.4. The van der Waals surface area contributed by atoms with E-state index in [4.69, 9.17) is 4.42 Å². The van der Waals surface area contributed by atoms with E-state index >= 15 is 0 Å². The molecule has 1 fully saturated rings. The number of hydrogen-bond acceptors (Lipinski definition) is 9. The smallest absolute Gasteiger partial charge is 0.238 e. The quantitative estimate of drug-likeness (QED) is 0.360. The molecular weight excluding hydrogens is 368 g/mol. The van der Waals surface area contributed by atoms with Gasteiger partial charge in [0, 0.05) is 37.8 Å². The number of piperazine rings is 1. The molecule has 0 unspecified atom stereocenters. The SMILES string of the molecule is O=c1c(O)c(-c2ccc(O)c(O)c2)oc2cc(O)c(N3CCNCC3)c(O)c12. The summed E-state index contributed by atoms with van der Waals surface area (Å²) in [6.07, 6.45) is 0. The van der Waals surface area contributed by atoms with Gasteiger partial charge < -0.3 is 40.2 Å². The third-order valence-electron chi connectivity index (χ3n) is 4.76. The molecule has 0 atom stereocenters. The third kappa shape index (κ3) is 2.72. The molecule has 3 aromatic rings. The molecule has 2 heterocycles. The number of anilines is 1. The predicted molar refractivity (Wildman–Crippen MR) is 101 cm³/mol. The Kier molecular flexibility index (Phi) is 4.16. The fraction of sp³-hybridized carbons (Fsp3) is 0.211. The lowest BCUT2D eigenvalue weighted by molar-refractivity contribution is 0.403. The number of phenols is 4. The van der Waals surface area contributed by atoms with E-state index in [1.54, 1.807) is 4.90 Å². The van der Waals surface area contributed by atoms with Gasteiger partial charge in [0.25, 0.3) is 0 Å². The summed E-state index contributed by atoms with van der Waals surface area (Å²) in [6.45, 7) is 2.35. The number of nitrogens with one attached hydrogen (secondary N) is 1. The molecule has 9 nitrogen and oxygen atoms in total. The summed E-state index contributed by atoms with van der Waals surface area (Å²) in [6, 6.07) is 4.84. The van der Waals surface area contributed by atoms with Crippen molar-refractivity contribution in [2.24, 2.45) is 0 Å². The third-order valence-corrected chi connectivity index (χ3v) is 4.76. The van der Waals surface area contributed by atoms with Crippen LogP contribution in [0.2, 0.25) is 0 Å². The van der Waals surface area contributed by atoms with Gasteiger partial charge in [-0.15, -0.1) is 0 Å². The molecule has 0 spiro atoms. The Labute approximate surface area is 158 Å². The standard InChI is InChI=1S/C19H18N2O7/c22-10-2-1-9(7-11(10)23)19-18(27)17(26)14-13(28-19)8-12(24)15(16(14)25)21-5-3-20-4-6-21/h1-2,7-8,20,22-25,27H,3-6H2. The molecule has 146 valence electrons. The summed E-state index contributed by atoms with van der Waals surface area (Å²) in [5.74, 6) is -2.59. The van der Waals surface area contributed by atoms with Crippen molar-refractivity contribution in [3.8, 4) is 40.1 Å². The molecule has 28 heavy (non-hydrogen) atoms. The number of aromatic hydroxyl groups is 5. The van der Waals surface area contributed by atoms with E-state index in [1.807, 2.05) is 0 Å². The van der Waals surface area contributed by atoms with E-state index in [0.29, 0.717) is 26.2 Å². The zero-order valence-corrected chi connectivity index (χ0v) is 14.6. The van der Waals surface area contributed by atoms with Crippen LogP contribution in [0.4, 0.5) is 5.69 Å². The summed E-state index contributed by atoms with van der Waals surface area (Å²) in [5.41, 5.74) is -0.760. The molecule has 2 aromatic carbocycles. The molecule has 0 saturated carbocycles. The lowest BCUT2D eigenvalue weighted by Gasteiger charge is -2.30. The van der Waals surface area contributed by atoms with Crippen molar-refractivity contribution in [2.75, 3.05) is 31.1 Å². The molecule has 9 heteroatoms. The monoisotopic (exact) mass is 386 g/mol. The molecule has 6 N–H and O–H groups in total. The van der Waals surface area contributed by atoms with E-state index in [-0.39, 0.29) is 39.5 Å². The summed E-state index contributed by atoms with van der Waals surface area (Å²) in [4.78, 5) is 14.5. The van der Waals surface area contributed by atoms with Crippen LogP contribution >= 0.6 is 0 Å². The second-order valence-corrected chi connectivity index (χ2v) is 6.52. The van der Waals surface area contributed by atoms with Crippen molar-refractivity contribution >= 4 is 16.7 Å². The minimum absolute atomic E-state index is 0.107. The molecule has 0 radical (unpaired) electrons. The van der Waals surface area contributed by atoms with Crippen molar-refractivity contribution in [3.05, 3.63) is 34.5 Å². The Morgan fingerprint density at radius 3 is 2.29 bits per heavy atom. The molecule has 0 bridgehead atoms. The predicted octanol–water partition coefficient (Wildman–Crippen LogP) is 1.40. The van der Waals surface area contributed by atoms with E-state index < -0.39 is 22.7 Å². The molecule has 1 aliphatic heterocycles. The lowest BCUT2D eigenvalue weighted by atomic mass is 10.1. The van der Waals surface area contributed by atoms with Crippen LogP contribution in [0, 0.1) is 0 Å². The molecule has 4 rings (SSSR count). The van der Waals surface area contributed by atoms with E-state index in [2.05, 4.69) is 5.32 Å². The first-order valence-electron chi connectivity index (χ1n) is 8.61. The van der Waals surface area contributed by atoms with E-state index in [9.17, 15) is 30.3 Å². The highest BCUT2D eigenvalue weighted by Gasteiger charge is 2.25. The number of fused-ring (bicyclic) bond motifs is 1. The van der Waals surface area contributed by atoms with Gasteiger partial charge in [-0.3, -0.25) is 4.79 Å². The van der Waals surface area contributed by atoms with Crippen molar-refractivity contribution < 1.29 is 29.9 Å². The van der Waals surface area contributed by atoms with Crippen LogP contribution < -0.4 is 15.6 Å². The van der Waals surface area contributed by atoms with Crippen LogP contribution in [0.1, 0.15) is 0 Å². The number of benzene rings is 2. The number of phenolic OH excluding ortho intramolecular Hbond substituents is 4. The molecule has 0 aliphatic carbocycles. The van der Waals surface area contributed by atoms with E-state index in [0.717, 1.165) is 6.07 Å². The maximum absolute atomic E-state index is 12.7. The zero-order chi connectivity index (χ0) is 20.0. The van der Waals surface area contributed by atoms with Gasteiger partial charge in [-0.05, 0) is 18.2 Å². The first-order valence-corrected chi connectivity index (χ1v) is 8.61. The van der Waals surface area contributed by atoms with Gasteiger partial charge >= 0.3 is 0 Å². The van der Waals surface area contributed by atoms with Crippen LogP contribution in [0.3, 0.4) is 0 Å². The fourth-order valence-corrected chi connectivity index (χ4v) is 3.36. The average Bonchev–Trinajstić information content (AvgIpc) is 2.67. The number of nitrogens with zero attached hydrogens (tertiary/aromatic N) is 1. The maximum Gasteiger partial charge on any atom is 0.238 e. The van der Waals surface area contributed by atoms with Crippen molar-refractivity contribution in [3.63, 3.8) is 0 Å². The first kappa shape index (κ1) is 17.8. The highest BCUT2D eigenvalue weighted by Crippen LogP contribution is 2.44. The Morgan fingerprint density at radius 2 is 1.61 bits per heavy atom. The zero-order valence-electron chi connectivity index (χ0n) is 14.6. The normalized spacial score (nSPS) is 14.5. The lowest BCUT2D eigenvalue weighted by Crippen LogP contribution is -2.43. The van der Waals surface area contributed by atoms with Crippen LogP contribution in [-0.2, 0) is 0 Å². The second kappa shape index (κ2) is 6.54. The Bertz CT molecular complexity index is 1130. The van der Waals surface area contributed by atoms with Crippen LogP contribution in [0.15, 0.2) is 33.5 Å². The Hall–Kier alpha value is -3.59. The van der Waals surface area contributed by atoms with Gasteiger partial charge in [-0.2, -0.15) is 0 Å². The van der Waals surface area contributed by atoms with E-state index in [1.165, 1.54) is 18.2 Å². The minimum atomic E-state index is -0.877. The van der Waals surface area contributed by atoms with Crippen LogP contribution in [0.5, 0.6) is 28.7 Å². The van der Waals surface area contributed by atoms with Crippen molar-refractivity contribution in [2.45, 2.75) is 0 Å². The molecule has 1 saturated heterocycles. The largest absolute Gasteiger partial charge is 0.505 e. The molecule has 0 amide bonds. The summed E-state index contributed by atoms with van der Waals surface area (Å²) in [5, 5.41) is 53.4. The summed E-state index contributed by atoms with van der Waals surface area (Å²) in [7, 11) is 0. The van der Waals surface area contributed by atoms with Crippen molar-refractivity contribution in [1.82, 2.24) is 5.32 Å². The second-order valence-electron chi connectivity index (χ2n) is 6.52. The van der Waals surface area contributed by atoms with Crippen LogP contribution in [0.25, 0.3) is 22.3 Å². The number of hydrogen-bond donors (Lipinski definition) is 6.